The maximum atomic E-state index is 8.92. The van der Waals surface area contributed by atoms with E-state index in [4.69, 9.17) is 9.94 Å². The summed E-state index contributed by atoms with van der Waals surface area (Å²) in [6.45, 7) is 0. The molecule has 4 heteroatoms. The third-order valence-electron chi connectivity index (χ3n) is 3.30. The van der Waals surface area contributed by atoms with E-state index in [-0.39, 0.29) is 0 Å². The first-order valence-corrected chi connectivity index (χ1v) is 6.26. The summed E-state index contributed by atoms with van der Waals surface area (Å²) in [7, 11) is 1.63. The van der Waals surface area contributed by atoms with Gasteiger partial charge in [0.05, 0.1) is 19.0 Å². The number of hydrogen-bond acceptors (Lipinski definition) is 3. The third kappa shape index (κ3) is 2.01. The molecule has 1 aromatic heterocycles. The lowest BCUT2D eigenvalue weighted by Gasteiger charge is -2.00. The number of nitrogens with zero attached hydrogens (tertiary/aromatic N) is 1. The van der Waals surface area contributed by atoms with Crippen LogP contribution in [0.2, 0.25) is 0 Å². The molecule has 0 aliphatic rings. The molecule has 2 N–H and O–H groups in total. The van der Waals surface area contributed by atoms with Gasteiger partial charge >= 0.3 is 0 Å². The van der Waals surface area contributed by atoms with Crippen LogP contribution in [0.25, 0.3) is 22.2 Å². The molecule has 0 aliphatic carbocycles. The Kier molecular flexibility index (Phi) is 3.13. The number of fused-ring (bicyclic) bond motifs is 1. The second-order valence-electron chi connectivity index (χ2n) is 4.44. The van der Waals surface area contributed by atoms with Gasteiger partial charge in [-0.2, -0.15) is 0 Å². The van der Waals surface area contributed by atoms with Crippen LogP contribution in [0.1, 0.15) is 5.56 Å². The molecule has 2 aromatic carbocycles. The normalized spacial score (nSPS) is 11.2. The van der Waals surface area contributed by atoms with Crippen molar-refractivity contribution >= 4 is 17.1 Å². The lowest BCUT2D eigenvalue weighted by atomic mass is 10.1. The molecule has 0 unspecified atom stereocenters. The summed E-state index contributed by atoms with van der Waals surface area (Å²) in [5.41, 5.74) is 3.77. The van der Waals surface area contributed by atoms with Crippen LogP contribution in [0.3, 0.4) is 0 Å². The minimum atomic E-state index is 0.767. The van der Waals surface area contributed by atoms with Crippen molar-refractivity contribution in [3.05, 3.63) is 54.1 Å². The molecule has 4 nitrogen and oxygen atoms in total. The zero-order valence-corrected chi connectivity index (χ0v) is 11.0. The van der Waals surface area contributed by atoms with E-state index in [1.165, 1.54) is 6.21 Å². The van der Waals surface area contributed by atoms with E-state index in [2.05, 4.69) is 10.1 Å². The van der Waals surface area contributed by atoms with E-state index in [0.29, 0.717) is 0 Å². The average molecular weight is 266 g/mol. The molecule has 0 saturated carbocycles. The fraction of sp³-hybridized carbons (Fsp3) is 0.0625. The number of aromatic amines is 1. The molecular formula is C16H14N2O2. The Balaban J connectivity index is 2.29. The van der Waals surface area contributed by atoms with Gasteiger partial charge in [0.15, 0.2) is 0 Å². The Bertz CT molecular complexity index is 761. The molecule has 1 heterocycles. The number of methoxy groups -OCH3 is 1. The maximum absolute atomic E-state index is 8.92. The van der Waals surface area contributed by atoms with Crippen molar-refractivity contribution in [2.75, 3.05) is 7.11 Å². The SMILES string of the molecule is COc1ccc2[nH]c(-c3ccccc3)c(/C=N\O)c2c1. The molecule has 0 saturated heterocycles. The van der Waals surface area contributed by atoms with Crippen molar-refractivity contribution in [1.29, 1.82) is 0 Å². The topological polar surface area (TPSA) is 57.6 Å². The summed E-state index contributed by atoms with van der Waals surface area (Å²) < 4.78 is 5.25. The van der Waals surface area contributed by atoms with Crippen molar-refractivity contribution in [3.8, 4) is 17.0 Å². The van der Waals surface area contributed by atoms with Crippen LogP contribution in [0.4, 0.5) is 0 Å². The Hall–Kier alpha value is -2.75. The smallest absolute Gasteiger partial charge is 0.119 e. The highest BCUT2D eigenvalue weighted by molar-refractivity contribution is 6.06. The predicted molar refractivity (Wildman–Crippen MR) is 79.7 cm³/mol. The zero-order chi connectivity index (χ0) is 13.9. The molecule has 0 spiro atoms. The van der Waals surface area contributed by atoms with Crippen LogP contribution in [-0.2, 0) is 0 Å². The fourth-order valence-electron chi connectivity index (χ4n) is 2.34. The summed E-state index contributed by atoms with van der Waals surface area (Å²) in [5, 5.41) is 13.1. The first kappa shape index (κ1) is 12.3. The number of rotatable bonds is 3. The monoisotopic (exact) mass is 266 g/mol. The summed E-state index contributed by atoms with van der Waals surface area (Å²) in [6.07, 6.45) is 1.45. The van der Waals surface area contributed by atoms with Gasteiger partial charge in [0.25, 0.3) is 0 Å². The van der Waals surface area contributed by atoms with Crippen LogP contribution >= 0.6 is 0 Å². The van der Waals surface area contributed by atoms with Gasteiger partial charge in [-0.05, 0) is 23.8 Å². The summed E-state index contributed by atoms with van der Waals surface area (Å²) in [5.74, 6) is 0.767. The Morgan fingerprint density at radius 3 is 2.65 bits per heavy atom. The molecular weight excluding hydrogens is 252 g/mol. The van der Waals surface area contributed by atoms with Crippen LogP contribution in [0, 0.1) is 0 Å². The van der Waals surface area contributed by atoms with E-state index < -0.39 is 0 Å². The van der Waals surface area contributed by atoms with Gasteiger partial charge < -0.3 is 14.9 Å². The molecule has 100 valence electrons. The molecule has 3 aromatic rings. The first-order chi connectivity index (χ1) is 9.83. The van der Waals surface area contributed by atoms with E-state index in [9.17, 15) is 0 Å². The molecule has 20 heavy (non-hydrogen) atoms. The van der Waals surface area contributed by atoms with E-state index >= 15 is 0 Å². The number of oxime groups is 1. The zero-order valence-electron chi connectivity index (χ0n) is 11.0. The van der Waals surface area contributed by atoms with Gasteiger partial charge in [0, 0.05) is 16.5 Å². The van der Waals surface area contributed by atoms with Crippen LogP contribution in [-0.4, -0.2) is 23.5 Å². The van der Waals surface area contributed by atoms with E-state index in [0.717, 1.165) is 33.5 Å². The van der Waals surface area contributed by atoms with Crippen molar-refractivity contribution in [1.82, 2.24) is 4.98 Å². The lowest BCUT2D eigenvalue weighted by Crippen LogP contribution is -1.86. The maximum Gasteiger partial charge on any atom is 0.119 e. The van der Waals surface area contributed by atoms with E-state index in [1.54, 1.807) is 7.11 Å². The second-order valence-corrected chi connectivity index (χ2v) is 4.44. The van der Waals surface area contributed by atoms with Crippen LogP contribution in [0.15, 0.2) is 53.7 Å². The van der Waals surface area contributed by atoms with Crippen molar-refractivity contribution < 1.29 is 9.94 Å². The standard InChI is InChI=1S/C16H14N2O2/c1-20-12-7-8-15-13(9-12)14(10-17-19)16(18-15)11-5-3-2-4-6-11/h2-10,18-19H,1H3/b17-10-. The van der Waals surface area contributed by atoms with Crippen molar-refractivity contribution in [2.45, 2.75) is 0 Å². The number of hydrogen-bond donors (Lipinski definition) is 2. The summed E-state index contributed by atoms with van der Waals surface area (Å²) >= 11 is 0. The van der Waals surface area contributed by atoms with Gasteiger partial charge in [-0.1, -0.05) is 35.5 Å². The first-order valence-electron chi connectivity index (χ1n) is 6.26. The number of nitrogens with one attached hydrogen (secondary N) is 1. The largest absolute Gasteiger partial charge is 0.497 e. The molecule has 0 amide bonds. The fourth-order valence-corrected chi connectivity index (χ4v) is 2.34. The number of ether oxygens (including phenoxy) is 1. The Labute approximate surface area is 116 Å². The van der Waals surface area contributed by atoms with Crippen molar-refractivity contribution in [3.63, 3.8) is 0 Å². The molecule has 0 atom stereocenters. The van der Waals surface area contributed by atoms with Crippen molar-refractivity contribution in [2.24, 2.45) is 5.16 Å². The van der Waals surface area contributed by atoms with Gasteiger partial charge in [0.2, 0.25) is 0 Å². The van der Waals surface area contributed by atoms with Gasteiger partial charge in [0.1, 0.15) is 5.75 Å². The summed E-state index contributed by atoms with van der Waals surface area (Å²) in [6, 6.07) is 15.7. The van der Waals surface area contributed by atoms with Gasteiger partial charge in [-0.3, -0.25) is 0 Å². The summed E-state index contributed by atoms with van der Waals surface area (Å²) in [4.78, 5) is 3.36. The third-order valence-corrected chi connectivity index (χ3v) is 3.30. The lowest BCUT2D eigenvalue weighted by molar-refractivity contribution is 0.322. The highest BCUT2D eigenvalue weighted by Crippen LogP contribution is 2.31. The molecule has 0 fully saturated rings. The predicted octanol–water partition coefficient (Wildman–Crippen LogP) is 3.65. The number of H-pyrrole nitrogens is 1. The van der Waals surface area contributed by atoms with Crippen LogP contribution < -0.4 is 4.74 Å². The second kappa shape index (κ2) is 5.09. The van der Waals surface area contributed by atoms with Gasteiger partial charge in [-0.25, -0.2) is 0 Å². The molecule has 0 bridgehead atoms. The highest BCUT2D eigenvalue weighted by atomic mass is 16.5. The number of aromatic nitrogens is 1. The quantitative estimate of drug-likeness (QED) is 0.432. The molecule has 0 aliphatic heterocycles. The minimum absolute atomic E-state index is 0.767. The average Bonchev–Trinajstić information content (AvgIpc) is 2.86. The highest BCUT2D eigenvalue weighted by Gasteiger charge is 2.12. The van der Waals surface area contributed by atoms with Gasteiger partial charge in [-0.15, -0.1) is 0 Å². The van der Waals surface area contributed by atoms with Crippen LogP contribution in [0.5, 0.6) is 5.75 Å². The molecule has 3 rings (SSSR count). The minimum Gasteiger partial charge on any atom is -0.497 e. The number of benzene rings is 2. The van der Waals surface area contributed by atoms with E-state index in [1.807, 2.05) is 48.5 Å². The molecule has 0 radical (unpaired) electrons. The Morgan fingerprint density at radius 2 is 1.95 bits per heavy atom. The Morgan fingerprint density at radius 1 is 1.15 bits per heavy atom.